The second kappa shape index (κ2) is 3.99. The number of aliphatic hydroxyl groups excluding tert-OH is 1. The van der Waals surface area contributed by atoms with Crippen LogP contribution in [0.5, 0.6) is 0 Å². The first kappa shape index (κ1) is 8.85. The Bertz CT molecular complexity index is 147. The smallest absolute Gasteiger partial charge is 0.0667 e. The Morgan fingerprint density at radius 2 is 2.25 bits per heavy atom. The third-order valence-corrected chi connectivity index (χ3v) is 3.99. The van der Waals surface area contributed by atoms with E-state index >= 15 is 0 Å². The first-order valence-corrected chi connectivity index (χ1v) is 6.01. The van der Waals surface area contributed by atoms with Crippen LogP contribution in [0.3, 0.4) is 0 Å². The van der Waals surface area contributed by atoms with Crippen molar-refractivity contribution >= 4 is 11.8 Å². The highest BCUT2D eigenvalue weighted by atomic mass is 32.2. The molecule has 0 radical (unpaired) electrons. The Hall–Kier alpha value is 0.270. The van der Waals surface area contributed by atoms with Gasteiger partial charge >= 0.3 is 0 Å². The van der Waals surface area contributed by atoms with E-state index in [1.807, 2.05) is 0 Å². The van der Waals surface area contributed by atoms with Gasteiger partial charge in [-0.05, 0) is 31.6 Å². The van der Waals surface area contributed by atoms with E-state index in [-0.39, 0.29) is 6.10 Å². The molecule has 12 heavy (non-hydrogen) atoms. The summed E-state index contributed by atoms with van der Waals surface area (Å²) in [5, 5.41) is 9.49. The molecule has 2 rings (SSSR count). The lowest BCUT2D eigenvalue weighted by molar-refractivity contribution is 0.0523. The second-order valence-electron chi connectivity index (χ2n) is 3.81. The third kappa shape index (κ3) is 1.95. The Morgan fingerprint density at radius 3 is 2.92 bits per heavy atom. The predicted octanol–water partition coefficient (Wildman–Crippen LogP) is 0.949. The second-order valence-corrected chi connectivity index (χ2v) is 4.96. The SMILES string of the molecule is O[C@H]1CCCN([C@@H]2CCSC2)C1. The number of likely N-dealkylation sites (tertiary alicyclic amines) is 1. The first-order valence-electron chi connectivity index (χ1n) is 4.86. The van der Waals surface area contributed by atoms with E-state index in [1.54, 1.807) is 0 Å². The van der Waals surface area contributed by atoms with Gasteiger partial charge in [0.2, 0.25) is 0 Å². The van der Waals surface area contributed by atoms with Gasteiger partial charge in [0.05, 0.1) is 6.10 Å². The van der Waals surface area contributed by atoms with E-state index in [9.17, 15) is 5.11 Å². The van der Waals surface area contributed by atoms with Crippen molar-refractivity contribution in [1.82, 2.24) is 4.90 Å². The molecule has 2 saturated heterocycles. The number of hydrogen-bond donors (Lipinski definition) is 1. The lowest BCUT2D eigenvalue weighted by atomic mass is 10.1. The molecule has 0 aromatic carbocycles. The normalized spacial score (nSPS) is 38.8. The standard InChI is InChI=1S/C9H17NOS/c11-9-2-1-4-10(6-9)8-3-5-12-7-8/h8-9,11H,1-7H2/t8-,9+/m1/s1. The Kier molecular flexibility index (Phi) is 2.94. The summed E-state index contributed by atoms with van der Waals surface area (Å²) in [7, 11) is 0. The van der Waals surface area contributed by atoms with Crippen LogP contribution in [0.25, 0.3) is 0 Å². The van der Waals surface area contributed by atoms with Crippen molar-refractivity contribution in [2.75, 3.05) is 24.6 Å². The van der Waals surface area contributed by atoms with Crippen molar-refractivity contribution in [2.24, 2.45) is 0 Å². The monoisotopic (exact) mass is 187 g/mol. The molecule has 0 aromatic heterocycles. The molecule has 0 saturated carbocycles. The van der Waals surface area contributed by atoms with Gasteiger partial charge in [0.25, 0.3) is 0 Å². The van der Waals surface area contributed by atoms with Gasteiger partial charge in [0.1, 0.15) is 0 Å². The topological polar surface area (TPSA) is 23.5 Å². The maximum absolute atomic E-state index is 9.49. The molecule has 0 aliphatic carbocycles. The van der Waals surface area contributed by atoms with Crippen molar-refractivity contribution in [3.63, 3.8) is 0 Å². The molecule has 2 heterocycles. The van der Waals surface area contributed by atoms with Crippen LogP contribution in [0, 0.1) is 0 Å². The van der Waals surface area contributed by atoms with Gasteiger partial charge in [-0.15, -0.1) is 0 Å². The number of aliphatic hydroxyl groups is 1. The van der Waals surface area contributed by atoms with Crippen molar-refractivity contribution < 1.29 is 5.11 Å². The zero-order valence-corrected chi connectivity index (χ0v) is 8.22. The molecular weight excluding hydrogens is 170 g/mol. The molecule has 0 aromatic rings. The molecule has 0 spiro atoms. The first-order chi connectivity index (χ1) is 5.86. The summed E-state index contributed by atoms with van der Waals surface area (Å²) in [6.07, 6.45) is 3.47. The van der Waals surface area contributed by atoms with E-state index in [0.717, 1.165) is 19.0 Å². The van der Waals surface area contributed by atoms with E-state index in [2.05, 4.69) is 16.7 Å². The minimum absolute atomic E-state index is 0.0515. The summed E-state index contributed by atoms with van der Waals surface area (Å²) in [5.41, 5.74) is 0. The largest absolute Gasteiger partial charge is 0.392 e. The van der Waals surface area contributed by atoms with Gasteiger partial charge in [0, 0.05) is 18.3 Å². The summed E-state index contributed by atoms with van der Waals surface area (Å²) in [6, 6.07) is 0.768. The predicted molar refractivity (Wildman–Crippen MR) is 52.5 cm³/mol. The zero-order valence-electron chi connectivity index (χ0n) is 7.41. The summed E-state index contributed by atoms with van der Waals surface area (Å²) >= 11 is 2.05. The molecule has 2 fully saturated rings. The molecule has 2 aliphatic heterocycles. The number of rotatable bonds is 1. The Morgan fingerprint density at radius 1 is 1.33 bits per heavy atom. The third-order valence-electron chi connectivity index (χ3n) is 2.85. The van der Waals surface area contributed by atoms with Crippen molar-refractivity contribution in [3.8, 4) is 0 Å². The number of hydrogen-bond acceptors (Lipinski definition) is 3. The quantitative estimate of drug-likeness (QED) is 0.661. The molecule has 2 nitrogen and oxygen atoms in total. The average Bonchev–Trinajstić information content (AvgIpc) is 2.56. The van der Waals surface area contributed by atoms with Gasteiger partial charge in [0.15, 0.2) is 0 Å². The van der Waals surface area contributed by atoms with Crippen LogP contribution >= 0.6 is 11.8 Å². The summed E-state index contributed by atoms with van der Waals surface area (Å²) in [6.45, 7) is 2.13. The minimum Gasteiger partial charge on any atom is -0.392 e. The maximum Gasteiger partial charge on any atom is 0.0667 e. The molecule has 2 atom stereocenters. The highest BCUT2D eigenvalue weighted by Gasteiger charge is 2.26. The lowest BCUT2D eigenvalue weighted by Gasteiger charge is -2.34. The van der Waals surface area contributed by atoms with Crippen LogP contribution in [-0.2, 0) is 0 Å². The van der Waals surface area contributed by atoms with Crippen LogP contribution in [0.15, 0.2) is 0 Å². The molecule has 0 unspecified atom stereocenters. The van der Waals surface area contributed by atoms with Crippen molar-refractivity contribution in [2.45, 2.75) is 31.4 Å². The maximum atomic E-state index is 9.49. The van der Waals surface area contributed by atoms with Crippen molar-refractivity contribution in [3.05, 3.63) is 0 Å². The van der Waals surface area contributed by atoms with Gasteiger partial charge in [-0.25, -0.2) is 0 Å². The van der Waals surface area contributed by atoms with Crippen LogP contribution in [0.2, 0.25) is 0 Å². The fourth-order valence-corrected chi connectivity index (χ4v) is 3.38. The summed E-state index contributed by atoms with van der Waals surface area (Å²) < 4.78 is 0. The number of β-amino-alcohol motifs (C(OH)–C–C–N with tert-alkyl or cyclic N) is 1. The molecule has 3 heteroatoms. The minimum atomic E-state index is -0.0515. The fourth-order valence-electron chi connectivity index (χ4n) is 2.12. The van der Waals surface area contributed by atoms with Gasteiger partial charge in [-0.1, -0.05) is 0 Å². The molecule has 0 bridgehead atoms. The average molecular weight is 187 g/mol. The van der Waals surface area contributed by atoms with Gasteiger partial charge in [-0.3, -0.25) is 4.90 Å². The van der Waals surface area contributed by atoms with Crippen LogP contribution in [0.1, 0.15) is 19.3 Å². The highest BCUT2D eigenvalue weighted by molar-refractivity contribution is 7.99. The molecule has 2 aliphatic rings. The summed E-state index contributed by atoms with van der Waals surface area (Å²) in [5.74, 6) is 2.60. The van der Waals surface area contributed by atoms with Crippen LogP contribution in [-0.4, -0.2) is 46.7 Å². The van der Waals surface area contributed by atoms with Gasteiger partial charge in [-0.2, -0.15) is 11.8 Å². The number of piperidine rings is 1. The fraction of sp³-hybridized carbons (Fsp3) is 1.00. The number of nitrogens with zero attached hydrogens (tertiary/aromatic N) is 1. The van der Waals surface area contributed by atoms with E-state index < -0.39 is 0 Å². The van der Waals surface area contributed by atoms with Crippen molar-refractivity contribution in [1.29, 1.82) is 0 Å². The zero-order chi connectivity index (χ0) is 8.39. The lowest BCUT2D eigenvalue weighted by Crippen LogP contribution is -2.44. The van der Waals surface area contributed by atoms with E-state index in [0.29, 0.717) is 0 Å². The summed E-state index contributed by atoms with van der Waals surface area (Å²) in [4.78, 5) is 2.48. The van der Waals surface area contributed by atoms with E-state index in [4.69, 9.17) is 0 Å². The highest BCUT2D eigenvalue weighted by Crippen LogP contribution is 2.24. The van der Waals surface area contributed by atoms with Crippen LogP contribution < -0.4 is 0 Å². The molecule has 1 N–H and O–H groups in total. The van der Waals surface area contributed by atoms with Crippen LogP contribution in [0.4, 0.5) is 0 Å². The molecule has 0 amide bonds. The Labute approximate surface area is 78.3 Å². The van der Waals surface area contributed by atoms with E-state index in [1.165, 1.54) is 30.9 Å². The molecular formula is C9H17NOS. The van der Waals surface area contributed by atoms with Gasteiger partial charge < -0.3 is 5.11 Å². The molecule has 70 valence electrons. The number of thioether (sulfide) groups is 1. The Balaban J connectivity index is 1.85.